The summed E-state index contributed by atoms with van der Waals surface area (Å²) >= 11 is 0. The van der Waals surface area contributed by atoms with E-state index in [4.69, 9.17) is 0 Å². The van der Waals surface area contributed by atoms with Gasteiger partial charge in [0.15, 0.2) is 5.69 Å². The van der Waals surface area contributed by atoms with Crippen LogP contribution in [0.1, 0.15) is 39.8 Å². The summed E-state index contributed by atoms with van der Waals surface area (Å²) in [7, 11) is 0. The molecular weight excluding hydrogens is 269 g/mol. The number of rotatable bonds is 6. The Labute approximate surface area is 117 Å². The van der Waals surface area contributed by atoms with Gasteiger partial charge in [-0.1, -0.05) is 20.3 Å². The number of halogens is 3. The van der Waals surface area contributed by atoms with Crippen molar-refractivity contribution in [2.75, 3.05) is 17.2 Å². The van der Waals surface area contributed by atoms with Crippen LogP contribution < -0.4 is 10.6 Å². The summed E-state index contributed by atoms with van der Waals surface area (Å²) < 4.78 is 38.4. The molecule has 4 nitrogen and oxygen atoms in total. The molecule has 1 aromatic heterocycles. The van der Waals surface area contributed by atoms with Gasteiger partial charge >= 0.3 is 6.18 Å². The van der Waals surface area contributed by atoms with Gasteiger partial charge in [-0.25, -0.2) is 4.98 Å². The fourth-order valence-corrected chi connectivity index (χ4v) is 1.63. The van der Waals surface area contributed by atoms with Gasteiger partial charge < -0.3 is 10.6 Å². The van der Waals surface area contributed by atoms with Crippen LogP contribution in [0.15, 0.2) is 6.07 Å². The fourth-order valence-electron chi connectivity index (χ4n) is 1.63. The van der Waals surface area contributed by atoms with Crippen molar-refractivity contribution in [1.29, 1.82) is 0 Å². The van der Waals surface area contributed by atoms with Gasteiger partial charge in [-0.3, -0.25) is 0 Å². The second-order valence-electron chi connectivity index (χ2n) is 4.81. The molecule has 2 unspecified atom stereocenters. The molecule has 114 valence electrons. The van der Waals surface area contributed by atoms with E-state index < -0.39 is 11.9 Å². The lowest BCUT2D eigenvalue weighted by molar-refractivity contribution is -0.141. The van der Waals surface area contributed by atoms with E-state index in [2.05, 4.69) is 20.6 Å². The van der Waals surface area contributed by atoms with Crippen molar-refractivity contribution in [2.45, 2.75) is 46.3 Å². The van der Waals surface area contributed by atoms with Crippen molar-refractivity contribution in [2.24, 2.45) is 5.92 Å². The molecule has 0 radical (unpaired) electrons. The molecule has 1 rings (SSSR count). The van der Waals surface area contributed by atoms with Gasteiger partial charge in [0.25, 0.3) is 0 Å². The van der Waals surface area contributed by atoms with Crippen LogP contribution in [0.3, 0.4) is 0 Å². The Bertz CT molecular complexity index is 434. The standard InChI is InChI=1S/C13H21F3N4/c1-5-8(3)9(4)18-11-7-10(13(14,15)16)19-12(20-11)17-6-2/h7-9H,5-6H2,1-4H3,(H2,17,18,19,20). The molecule has 1 heterocycles. The summed E-state index contributed by atoms with van der Waals surface area (Å²) in [5.41, 5.74) is -0.942. The van der Waals surface area contributed by atoms with Crippen LogP contribution in [0.4, 0.5) is 24.9 Å². The smallest absolute Gasteiger partial charge is 0.367 e. The van der Waals surface area contributed by atoms with Crippen LogP contribution in [-0.2, 0) is 6.18 Å². The Hall–Kier alpha value is -1.53. The van der Waals surface area contributed by atoms with Crippen molar-refractivity contribution >= 4 is 11.8 Å². The fraction of sp³-hybridized carbons (Fsp3) is 0.692. The average molecular weight is 290 g/mol. The Morgan fingerprint density at radius 3 is 2.35 bits per heavy atom. The lowest BCUT2D eigenvalue weighted by atomic mass is 10.0. The number of hydrogen-bond donors (Lipinski definition) is 2. The average Bonchev–Trinajstić information content (AvgIpc) is 2.36. The van der Waals surface area contributed by atoms with Crippen molar-refractivity contribution in [3.8, 4) is 0 Å². The van der Waals surface area contributed by atoms with Gasteiger partial charge in [-0.05, 0) is 19.8 Å². The van der Waals surface area contributed by atoms with Crippen molar-refractivity contribution < 1.29 is 13.2 Å². The second-order valence-corrected chi connectivity index (χ2v) is 4.81. The molecule has 1 aromatic rings. The van der Waals surface area contributed by atoms with Gasteiger partial charge in [0.1, 0.15) is 5.82 Å². The lowest BCUT2D eigenvalue weighted by Gasteiger charge is -2.21. The van der Waals surface area contributed by atoms with Crippen LogP contribution in [-0.4, -0.2) is 22.6 Å². The maximum Gasteiger partial charge on any atom is 0.433 e. The maximum absolute atomic E-state index is 12.8. The first-order valence-corrected chi connectivity index (χ1v) is 6.74. The topological polar surface area (TPSA) is 49.8 Å². The summed E-state index contributed by atoms with van der Waals surface area (Å²) in [6.45, 7) is 8.24. The number of hydrogen-bond acceptors (Lipinski definition) is 4. The zero-order chi connectivity index (χ0) is 15.3. The monoisotopic (exact) mass is 290 g/mol. The molecule has 0 spiro atoms. The first kappa shape index (κ1) is 16.5. The molecule has 0 aliphatic heterocycles. The third-order valence-corrected chi connectivity index (χ3v) is 3.22. The third-order valence-electron chi connectivity index (χ3n) is 3.22. The molecule has 0 bridgehead atoms. The van der Waals surface area contributed by atoms with Gasteiger partial charge in [0, 0.05) is 18.7 Å². The second kappa shape index (κ2) is 6.76. The largest absolute Gasteiger partial charge is 0.433 e. The molecule has 0 saturated heterocycles. The van der Waals surface area contributed by atoms with Crippen LogP contribution in [0.5, 0.6) is 0 Å². The van der Waals surface area contributed by atoms with Gasteiger partial charge in [-0.15, -0.1) is 0 Å². The first-order valence-electron chi connectivity index (χ1n) is 6.74. The molecule has 7 heteroatoms. The van der Waals surface area contributed by atoms with Crippen LogP contribution in [0.2, 0.25) is 0 Å². The predicted octanol–water partition coefficient (Wildman–Crippen LogP) is 3.77. The van der Waals surface area contributed by atoms with Crippen molar-refractivity contribution in [1.82, 2.24) is 9.97 Å². The summed E-state index contributed by atoms with van der Waals surface area (Å²) in [5.74, 6) is 0.513. The quantitative estimate of drug-likeness (QED) is 0.837. The Balaban J connectivity index is 3.03. The number of nitrogens with one attached hydrogen (secondary N) is 2. The molecule has 20 heavy (non-hydrogen) atoms. The summed E-state index contributed by atoms with van der Waals surface area (Å²) in [6, 6.07) is 0.977. The Morgan fingerprint density at radius 1 is 1.20 bits per heavy atom. The maximum atomic E-state index is 12.8. The molecule has 2 atom stereocenters. The summed E-state index contributed by atoms with van der Waals surface area (Å²) in [5, 5.41) is 5.73. The molecule has 0 amide bonds. The highest BCUT2D eigenvalue weighted by atomic mass is 19.4. The highest BCUT2D eigenvalue weighted by molar-refractivity contribution is 5.43. The number of nitrogens with zero attached hydrogens (tertiary/aromatic N) is 2. The molecule has 0 aliphatic rings. The molecule has 2 N–H and O–H groups in total. The minimum Gasteiger partial charge on any atom is -0.367 e. The molecular formula is C13H21F3N4. The van der Waals surface area contributed by atoms with E-state index in [1.165, 1.54) is 0 Å². The Kier molecular flexibility index (Phi) is 5.59. The van der Waals surface area contributed by atoms with E-state index >= 15 is 0 Å². The van der Waals surface area contributed by atoms with Crippen molar-refractivity contribution in [3.05, 3.63) is 11.8 Å². The number of anilines is 2. The SMILES string of the molecule is CCNc1nc(NC(C)C(C)CC)cc(C(F)(F)F)n1. The number of aromatic nitrogens is 2. The summed E-state index contributed by atoms with van der Waals surface area (Å²) in [6.07, 6.45) is -3.55. The zero-order valence-electron chi connectivity index (χ0n) is 12.2. The normalized spacial score (nSPS) is 14.8. The van der Waals surface area contributed by atoms with E-state index in [1.54, 1.807) is 6.92 Å². The van der Waals surface area contributed by atoms with Gasteiger partial charge in [0.2, 0.25) is 5.95 Å². The molecule has 0 aliphatic carbocycles. The van der Waals surface area contributed by atoms with E-state index in [0.29, 0.717) is 12.5 Å². The number of alkyl halides is 3. The minimum absolute atomic E-state index is 0.0128. The summed E-state index contributed by atoms with van der Waals surface area (Å²) in [4.78, 5) is 7.54. The molecule has 0 saturated carbocycles. The zero-order valence-corrected chi connectivity index (χ0v) is 12.2. The first-order chi connectivity index (χ1) is 9.27. The van der Waals surface area contributed by atoms with E-state index in [1.807, 2.05) is 20.8 Å². The van der Waals surface area contributed by atoms with Crippen LogP contribution >= 0.6 is 0 Å². The van der Waals surface area contributed by atoms with E-state index in [0.717, 1.165) is 12.5 Å². The minimum atomic E-state index is -4.48. The lowest BCUT2D eigenvalue weighted by Crippen LogP contribution is -2.24. The van der Waals surface area contributed by atoms with Gasteiger partial charge in [0.05, 0.1) is 0 Å². The van der Waals surface area contributed by atoms with E-state index in [-0.39, 0.29) is 17.8 Å². The highest BCUT2D eigenvalue weighted by Crippen LogP contribution is 2.30. The third kappa shape index (κ3) is 4.54. The molecule has 0 fully saturated rings. The van der Waals surface area contributed by atoms with Crippen LogP contribution in [0, 0.1) is 5.92 Å². The van der Waals surface area contributed by atoms with E-state index in [9.17, 15) is 13.2 Å². The predicted molar refractivity (Wildman–Crippen MR) is 73.7 cm³/mol. The van der Waals surface area contributed by atoms with Gasteiger partial charge in [-0.2, -0.15) is 18.2 Å². The van der Waals surface area contributed by atoms with Crippen LogP contribution in [0.25, 0.3) is 0 Å². The highest BCUT2D eigenvalue weighted by Gasteiger charge is 2.33. The van der Waals surface area contributed by atoms with Crippen molar-refractivity contribution in [3.63, 3.8) is 0 Å². The Morgan fingerprint density at radius 2 is 1.85 bits per heavy atom. The molecule has 0 aromatic carbocycles.